The van der Waals surface area contributed by atoms with Crippen LogP contribution < -0.4 is 5.32 Å². The highest BCUT2D eigenvalue weighted by Crippen LogP contribution is 2.39. The Morgan fingerprint density at radius 2 is 2.24 bits per heavy atom. The lowest BCUT2D eigenvalue weighted by molar-refractivity contribution is -0.115. The Labute approximate surface area is 150 Å². The van der Waals surface area contributed by atoms with Gasteiger partial charge in [0.25, 0.3) is 0 Å². The second-order valence-electron chi connectivity index (χ2n) is 6.43. The lowest BCUT2D eigenvalue weighted by Gasteiger charge is -2.04. The lowest BCUT2D eigenvalue weighted by Crippen LogP contribution is -2.14. The van der Waals surface area contributed by atoms with Crippen molar-refractivity contribution in [1.82, 2.24) is 20.0 Å². The van der Waals surface area contributed by atoms with E-state index in [1.165, 1.54) is 12.8 Å². The van der Waals surface area contributed by atoms with Crippen LogP contribution in [0.25, 0.3) is 5.69 Å². The summed E-state index contributed by atoms with van der Waals surface area (Å²) in [4.78, 5) is 12.2. The number of halogens is 1. The molecule has 7 heteroatoms. The summed E-state index contributed by atoms with van der Waals surface area (Å²) in [5.41, 5.74) is 3.83. The Kier molecular flexibility index (Phi) is 4.05. The van der Waals surface area contributed by atoms with Gasteiger partial charge in [0, 0.05) is 28.9 Å². The van der Waals surface area contributed by atoms with Crippen LogP contribution in [0.15, 0.2) is 36.7 Å². The molecule has 0 bridgehead atoms. The molecule has 0 aliphatic heterocycles. The number of aromatic amines is 1. The molecule has 0 radical (unpaired) electrons. The van der Waals surface area contributed by atoms with Crippen molar-refractivity contribution in [3.8, 4) is 5.69 Å². The Bertz CT molecular complexity index is 925. The fraction of sp³-hybridized carbons (Fsp3) is 0.278. The molecule has 3 aromatic rings. The Morgan fingerprint density at radius 1 is 1.40 bits per heavy atom. The van der Waals surface area contributed by atoms with Gasteiger partial charge in [-0.3, -0.25) is 9.89 Å². The number of nitrogens with one attached hydrogen (secondary N) is 2. The zero-order valence-corrected chi connectivity index (χ0v) is 14.5. The van der Waals surface area contributed by atoms with Crippen molar-refractivity contribution in [2.75, 3.05) is 5.32 Å². The molecule has 1 aliphatic carbocycles. The number of hydrogen-bond donors (Lipinski definition) is 2. The van der Waals surface area contributed by atoms with E-state index in [-0.39, 0.29) is 12.3 Å². The standard InChI is InChI=1S/C18H18ClN5O/c1-11-6-14(4-5-15(11)19)24-10-12(9-20-24)7-18(25)21-17-8-16(22-23-17)13-2-3-13/h4-6,8-10,13H,2-3,7H2,1H3,(H2,21,22,23,25). The molecule has 6 nitrogen and oxygen atoms in total. The summed E-state index contributed by atoms with van der Waals surface area (Å²) >= 11 is 6.05. The molecule has 1 aromatic carbocycles. The molecule has 128 valence electrons. The Hall–Kier alpha value is -2.60. The first kappa shape index (κ1) is 15.9. The summed E-state index contributed by atoms with van der Waals surface area (Å²) in [7, 11) is 0. The van der Waals surface area contributed by atoms with E-state index in [0.29, 0.717) is 11.7 Å². The fourth-order valence-corrected chi connectivity index (χ4v) is 2.86. The number of benzene rings is 1. The van der Waals surface area contributed by atoms with Crippen LogP contribution in [0.2, 0.25) is 5.02 Å². The molecular formula is C18H18ClN5O. The van der Waals surface area contributed by atoms with Gasteiger partial charge in [0.15, 0.2) is 5.82 Å². The summed E-state index contributed by atoms with van der Waals surface area (Å²) in [6, 6.07) is 7.61. The molecule has 2 aromatic heterocycles. The van der Waals surface area contributed by atoms with Crippen LogP contribution in [0.4, 0.5) is 5.82 Å². The first-order chi connectivity index (χ1) is 12.1. The summed E-state index contributed by atoms with van der Waals surface area (Å²) < 4.78 is 1.74. The van der Waals surface area contributed by atoms with Crippen LogP contribution in [-0.2, 0) is 11.2 Å². The van der Waals surface area contributed by atoms with Gasteiger partial charge in [-0.25, -0.2) is 4.68 Å². The fourth-order valence-electron chi connectivity index (χ4n) is 2.74. The highest BCUT2D eigenvalue weighted by molar-refractivity contribution is 6.31. The van der Waals surface area contributed by atoms with E-state index in [2.05, 4.69) is 20.6 Å². The van der Waals surface area contributed by atoms with Crippen LogP contribution in [0.1, 0.15) is 35.6 Å². The van der Waals surface area contributed by atoms with Crippen molar-refractivity contribution in [3.63, 3.8) is 0 Å². The number of aryl methyl sites for hydroxylation is 1. The molecule has 4 rings (SSSR count). The summed E-state index contributed by atoms with van der Waals surface area (Å²) in [5, 5.41) is 15.0. The van der Waals surface area contributed by atoms with Gasteiger partial charge in [-0.05, 0) is 49.1 Å². The molecule has 1 fully saturated rings. The van der Waals surface area contributed by atoms with E-state index in [4.69, 9.17) is 11.6 Å². The summed E-state index contributed by atoms with van der Waals surface area (Å²) in [6.07, 6.45) is 6.18. The van der Waals surface area contributed by atoms with Crippen molar-refractivity contribution in [2.45, 2.75) is 32.1 Å². The van der Waals surface area contributed by atoms with E-state index in [1.807, 2.05) is 37.4 Å². The van der Waals surface area contributed by atoms with Gasteiger partial charge in [-0.2, -0.15) is 10.2 Å². The van der Waals surface area contributed by atoms with Crippen LogP contribution in [0.5, 0.6) is 0 Å². The van der Waals surface area contributed by atoms with Gasteiger partial charge in [-0.15, -0.1) is 0 Å². The second-order valence-corrected chi connectivity index (χ2v) is 6.84. The number of nitrogens with zero attached hydrogens (tertiary/aromatic N) is 3. The van der Waals surface area contributed by atoms with E-state index in [0.717, 1.165) is 27.5 Å². The minimum Gasteiger partial charge on any atom is -0.309 e. The zero-order valence-electron chi connectivity index (χ0n) is 13.8. The molecular weight excluding hydrogens is 338 g/mol. The second kappa shape index (κ2) is 6.37. The van der Waals surface area contributed by atoms with E-state index < -0.39 is 0 Å². The molecule has 1 saturated carbocycles. The molecule has 0 atom stereocenters. The number of aromatic nitrogens is 4. The highest BCUT2D eigenvalue weighted by atomic mass is 35.5. The van der Waals surface area contributed by atoms with E-state index in [1.54, 1.807) is 10.9 Å². The average molecular weight is 356 g/mol. The van der Waals surface area contributed by atoms with Crippen LogP contribution in [0, 0.1) is 6.92 Å². The number of rotatable bonds is 5. The van der Waals surface area contributed by atoms with Crippen molar-refractivity contribution in [3.05, 3.63) is 58.5 Å². The third kappa shape index (κ3) is 3.58. The zero-order chi connectivity index (χ0) is 17.4. The summed E-state index contributed by atoms with van der Waals surface area (Å²) in [6.45, 7) is 1.95. The number of anilines is 1. The van der Waals surface area contributed by atoms with Crippen LogP contribution in [0.3, 0.4) is 0 Å². The lowest BCUT2D eigenvalue weighted by atomic mass is 10.2. The number of carbonyl (C=O) groups excluding carboxylic acids is 1. The average Bonchev–Trinajstić information content (AvgIpc) is 3.16. The quantitative estimate of drug-likeness (QED) is 0.734. The van der Waals surface area contributed by atoms with Gasteiger partial charge < -0.3 is 5.32 Å². The predicted molar refractivity (Wildman–Crippen MR) is 96.2 cm³/mol. The maximum absolute atomic E-state index is 12.2. The number of carbonyl (C=O) groups is 1. The molecule has 1 amide bonds. The van der Waals surface area contributed by atoms with Gasteiger partial charge in [0.05, 0.1) is 18.3 Å². The monoisotopic (exact) mass is 355 g/mol. The molecule has 1 aliphatic rings. The largest absolute Gasteiger partial charge is 0.309 e. The topological polar surface area (TPSA) is 75.6 Å². The normalized spacial score (nSPS) is 13.8. The van der Waals surface area contributed by atoms with Crippen molar-refractivity contribution in [1.29, 1.82) is 0 Å². The first-order valence-corrected chi connectivity index (χ1v) is 8.61. The molecule has 0 saturated heterocycles. The smallest absolute Gasteiger partial charge is 0.230 e. The molecule has 2 heterocycles. The van der Waals surface area contributed by atoms with Crippen molar-refractivity contribution >= 4 is 23.3 Å². The van der Waals surface area contributed by atoms with Gasteiger partial charge in [-0.1, -0.05) is 11.6 Å². The SMILES string of the molecule is Cc1cc(-n2cc(CC(=O)Nc3cc(C4CC4)[nH]n3)cn2)ccc1Cl. The Balaban J connectivity index is 1.41. The van der Waals surface area contributed by atoms with Gasteiger partial charge in [0.1, 0.15) is 0 Å². The van der Waals surface area contributed by atoms with E-state index >= 15 is 0 Å². The number of amides is 1. The van der Waals surface area contributed by atoms with Crippen molar-refractivity contribution in [2.24, 2.45) is 0 Å². The maximum atomic E-state index is 12.2. The third-order valence-electron chi connectivity index (χ3n) is 4.29. The molecule has 0 spiro atoms. The number of hydrogen-bond acceptors (Lipinski definition) is 3. The molecule has 0 unspecified atom stereocenters. The van der Waals surface area contributed by atoms with Gasteiger partial charge in [0.2, 0.25) is 5.91 Å². The molecule has 2 N–H and O–H groups in total. The highest BCUT2D eigenvalue weighted by Gasteiger charge is 2.25. The van der Waals surface area contributed by atoms with E-state index in [9.17, 15) is 4.79 Å². The number of H-pyrrole nitrogens is 1. The maximum Gasteiger partial charge on any atom is 0.230 e. The van der Waals surface area contributed by atoms with Crippen LogP contribution in [-0.4, -0.2) is 25.9 Å². The van der Waals surface area contributed by atoms with Gasteiger partial charge >= 0.3 is 0 Å². The molecule has 25 heavy (non-hydrogen) atoms. The first-order valence-electron chi connectivity index (χ1n) is 8.24. The third-order valence-corrected chi connectivity index (χ3v) is 4.71. The minimum atomic E-state index is -0.110. The predicted octanol–water partition coefficient (Wildman–Crippen LogP) is 3.62. The minimum absolute atomic E-state index is 0.110. The Morgan fingerprint density at radius 3 is 3.00 bits per heavy atom. The summed E-state index contributed by atoms with van der Waals surface area (Å²) in [5.74, 6) is 1.05. The van der Waals surface area contributed by atoms with Crippen molar-refractivity contribution < 1.29 is 4.79 Å². The van der Waals surface area contributed by atoms with Crippen LogP contribution >= 0.6 is 11.6 Å².